The fourth-order valence-corrected chi connectivity index (χ4v) is 2.03. The molecule has 16 heavy (non-hydrogen) atoms. The number of carbonyl (C=O) groups is 1. The molecule has 1 atom stereocenters. The SMILES string of the molecule is CCOC(=O)C1CCOc2ccc(Cl)cc21. The third kappa shape index (κ3) is 2.14. The molecule has 1 aromatic rings. The van der Waals surface area contributed by atoms with Gasteiger partial charge in [-0.05, 0) is 31.5 Å². The van der Waals surface area contributed by atoms with Crippen molar-refractivity contribution in [3.05, 3.63) is 28.8 Å². The number of ether oxygens (including phenoxy) is 2. The Balaban J connectivity index is 2.31. The van der Waals surface area contributed by atoms with Gasteiger partial charge in [-0.25, -0.2) is 0 Å². The molecule has 0 saturated carbocycles. The van der Waals surface area contributed by atoms with E-state index in [1.807, 2.05) is 0 Å². The van der Waals surface area contributed by atoms with Gasteiger partial charge in [-0.3, -0.25) is 4.79 Å². The molecule has 86 valence electrons. The highest BCUT2D eigenvalue weighted by Crippen LogP contribution is 2.36. The molecule has 0 amide bonds. The van der Waals surface area contributed by atoms with Gasteiger partial charge in [0.15, 0.2) is 0 Å². The number of fused-ring (bicyclic) bond motifs is 1. The Morgan fingerprint density at radius 3 is 3.19 bits per heavy atom. The first-order valence-corrected chi connectivity index (χ1v) is 5.69. The standard InChI is InChI=1S/C12H13ClO3/c1-2-15-12(14)9-5-6-16-11-4-3-8(13)7-10(9)11/h3-4,7,9H,2,5-6H2,1H3. The van der Waals surface area contributed by atoms with Crippen molar-refractivity contribution in [1.82, 2.24) is 0 Å². The average Bonchev–Trinajstić information content (AvgIpc) is 2.28. The first kappa shape index (κ1) is 11.3. The summed E-state index contributed by atoms with van der Waals surface area (Å²) in [6.45, 7) is 2.74. The first-order valence-electron chi connectivity index (χ1n) is 5.31. The van der Waals surface area contributed by atoms with Crippen molar-refractivity contribution < 1.29 is 14.3 Å². The predicted molar refractivity (Wildman–Crippen MR) is 60.9 cm³/mol. The van der Waals surface area contributed by atoms with Gasteiger partial charge < -0.3 is 9.47 Å². The molecule has 0 N–H and O–H groups in total. The van der Waals surface area contributed by atoms with Crippen LogP contribution in [0.3, 0.4) is 0 Å². The summed E-state index contributed by atoms with van der Waals surface area (Å²) >= 11 is 5.92. The van der Waals surface area contributed by atoms with Gasteiger partial charge in [0, 0.05) is 10.6 Å². The molecular weight excluding hydrogens is 228 g/mol. The van der Waals surface area contributed by atoms with Crippen LogP contribution < -0.4 is 4.74 Å². The van der Waals surface area contributed by atoms with Crippen LogP contribution in [0.1, 0.15) is 24.8 Å². The smallest absolute Gasteiger partial charge is 0.313 e. The lowest BCUT2D eigenvalue weighted by Crippen LogP contribution is -2.23. The maximum absolute atomic E-state index is 11.8. The Bertz CT molecular complexity index is 403. The minimum Gasteiger partial charge on any atom is -0.493 e. The van der Waals surface area contributed by atoms with Crippen LogP contribution in [0.15, 0.2) is 18.2 Å². The number of benzene rings is 1. The predicted octanol–water partition coefficient (Wildman–Crippen LogP) is 2.77. The Kier molecular flexibility index (Phi) is 3.34. The fourth-order valence-electron chi connectivity index (χ4n) is 1.85. The van der Waals surface area contributed by atoms with Crippen molar-refractivity contribution in [3.63, 3.8) is 0 Å². The molecule has 1 heterocycles. The maximum Gasteiger partial charge on any atom is 0.313 e. The van der Waals surface area contributed by atoms with E-state index in [0.29, 0.717) is 24.7 Å². The van der Waals surface area contributed by atoms with Crippen LogP contribution in [0.25, 0.3) is 0 Å². The largest absolute Gasteiger partial charge is 0.493 e. The lowest BCUT2D eigenvalue weighted by Gasteiger charge is -2.24. The van der Waals surface area contributed by atoms with E-state index in [2.05, 4.69) is 0 Å². The van der Waals surface area contributed by atoms with Gasteiger partial charge in [-0.1, -0.05) is 11.6 Å². The van der Waals surface area contributed by atoms with Gasteiger partial charge in [0.05, 0.1) is 19.1 Å². The number of carbonyl (C=O) groups excluding carboxylic acids is 1. The summed E-state index contributed by atoms with van der Waals surface area (Å²) in [5, 5.41) is 0.610. The molecule has 0 aliphatic carbocycles. The number of hydrogen-bond acceptors (Lipinski definition) is 3. The number of rotatable bonds is 2. The molecule has 2 rings (SSSR count). The molecule has 0 aromatic heterocycles. The van der Waals surface area contributed by atoms with Crippen molar-refractivity contribution >= 4 is 17.6 Å². The van der Waals surface area contributed by atoms with Crippen molar-refractivity contribution in [3.8, 4) is 5.75 Å². The molecule has 0 saturated heterocycles. The third-order valence-corrected chi connectivity index (χ3v) is 2.82. The molecule has 0 radical (unpaired) electrons. The van der Waals surface area contributed by atoms with Crippen LogP contribution in [-0.2, 0) is 9.53 Å². The molecule has 4 heteroatoms. The zero-order valence-corrected chi connectivity index (χ0v) is 9.79. The molecular formula is C12H13ClO3. The minimum atomic E-state index is -0.248. The van der Waals surface area contributed by atoms with Gasteiger partial charge in [-0.15, -0.1) is 0 Å². The van der Waals surface area contributed by atoms with Gasteiger partial charge in [0.2, 0.25) is 0 Å². The lowest BCUT2D eigenvalue weighted by atomic mass is 9.93. The zero-order chi connectivity index (χ0) is 11.5. The highest BCUT2D eigenvalue weighted by Gasteiger charge is 2.28. The number of halogens is 1. The Hall–Kier alpha value is -1.22. The third-order valence-electron chi connectivity index (χ3n) is 2.58. The van der Waals surface area contributed by atoms with E-state index in [9.17, 15) is 4.79 Å². The molecule has 1 aromatic carbocycles. The second-order valence-electron chi connectivity index (χ2n) is 3.62. The second-order valence-corrected chi connectivity index (χ2v) is 4.06. The monoisotopic (exact) mass is 240 g/mol. The molecule has 0 fully saturated rings. The fraction of sp³-hybridized carbons (Fsp3) is 0.417. The zero-order valence-electron chi connectivity index (χ0n) is 9.03. The van der Waals surface area contributed by atoms with E-state index in [0.717, 1.165) is 11.3 Å². The summed E-state index contributed by atoms with van der Waals surface area (Å²) in [4.78, 5) is 11.8. The highest BCUT2D eigenvalue weighted by molar-refractivity contribution is 6.30. The highest BCUT2D eigenvalue weighted by atomic mass is 35.5. The van der Waals surface area contributed by atoms with E-state index in [-0.39, 0.29) is 11.9 Å². The normalized spacial score (nSPS) is 18.5. The summed E-state index contributed by atoms with van der Waals surface area (Å²) in [6, 6.07) is 5.33. The second kappa shape index (κ2) is 4.74. The summed E-state index contributed by atoms with van der Waals surface area (Å²) < 4.78 is 10.5. The Morgan fingerprint density at radius 1 is 1.62 bits per heavy atom. The number of esters is 1. The average molecular weight is 241 g/mol. The summed E-state index contributed by atoms with van der Waals surface area (Å²) in [5.41, 5.74) is 0.831. The topological polar surface area (TPSA) is 35.5 Å². The van der Waals surface area contributed by atoms with Crippen molar-refractivity contribution in [2.45, 2.75) is 19.3 Å². The minimum absolute atomic E-state index is 0.200. The summed E-state index contributed by atoms with van der Waals surface area (Å²) in [7, 11) is 0. The molecule has 1 unspecified atom stereocenters. The quantitative estimate of drug-likeness (QED) is 0.746. The molecule has 0 bridgehead atoms. The molecule has 1 aliphatic heterocycles. The van der Waals surface area contributed by atoms with Gasteiger partial charge in [0.1, 0.15) is 5.75 Å². The van der Waals surface area contributed by atoms with Crippen LogP contribution in [0, 0.1) is 0 Å². The Labute approximate surface area is 99.3 Å². The Morgan fingerprint density at radius 2 is 2.44 bits per heavy atom. The molecule has 3 nitrogen and oxygen atoms in total. The summed E-state index contributed by atoms with van der Waals surface area (Å²) in [5.74, 6) is 0.283. The van der Waals surface area contributed by atoms with Crippen LogP contribution in [0.5, 0.6) is 5.75 Å². The lowest BCUT2D eigenvalue weighted by molar-refractivity contribution is -0.145. The van der Waals surface area contributed by atoms with E-state index < -0.39 is 0 Å². The first-order chi connectivity index (χ1) is 7.72. The van der Waals surface area contributed by atoms with Crippen LogP contribution in [0.4, 0.5) is 0 Å². The maximum atomic E-state index is 11.8. The van der Waals surface area contributed by atoms with Crippen molar-refractivity contribution in [1.29, 1.82) is 0 Å². The van der Waals surface area contributed by atoms with E-state index >= 15 is 0 Å². The summed E-state index contributed by atoms with van der Waals surface area (Å²) in [6.07, 6.45) is 0.645. The van der Waals surface area contributed by atoms with Crippen LogP contribution in [-0.4, -0.2) is 19.2 Å². The van der Waals surface area contributed by atoms with Crippen molar-refractivity contribution in [2.24, 2.45) is 0 Å². The van der Waals surface area contributed by atoms with E-state index in [1.165, 1.54) is 0 Å². The van der Waals surface area contributed by atoms with Gasteiger partial charge in [-0.2, -0.15) is 0 Å². The van der Waals surface area contributed by atoms with Crippen LogP contribution >= 0.6 is 11.6 Å². The van der Waals surface area contributed by atoms with Gasteiger partial charge in [0.25, 0.3) is 0 Å². The van der Waals surface area contributed by atoms with E-state index in [1.54, 1.807) is 25.1 Å². The molecule has 1 aliphatic rings. The van der Waals surface area contributed by atoms with Crippen molar-refractivity contribution in [2.75, 3.05) is 13.2 Å². The van der Waals surface area contributed by atoms with E-state index in [4.69, 9.17) is 21.1 Å². The number of hydrogen-bond donors (Lipinski definition) is 0. The molecule has 0 spiro atoms. The van der Waals surface area contributed by atoms with Crippen LogP contribution in [0.2, 0.25) is 5.02 Å². The van der Waals surface area contributed by atoms with Gasteiger partial charge >= 0.3 is 5.97 Å².